The molecule has 0 spiro atoms. The van der Waals surface area contributed by atoms with Gasteiger partial charge in [0, 0.05) is 12.2 Å². The van der Waals surface area contributed by atoms with E-state index in [2.05, 4.69) is 21.4 Å². The number of fused-ring (bicyclic) bond motifs is 1. The monoisotopic (exact) mass is 311 g/mol. The molecule has 1 aliphatic rings. The third-order valence-corrected chi connectivity index (χ3v) is 5.22. The van der Waals surface area contributed by atoms with Crippen LogP contribution in [0.25, 0.3) is 10.2 Å². The van der Waals surface area contributed by atoms with Crippen molar-refractivity contribution in [2.24, 2.45) is 0 Å². The Morgan fingerprint density at radius 1 is 1.14 bits per heavy atom. The number of pyridine rings is 1. The summed E-state index contributed by atoms with van der Waals surface area (Å²) in [5.74, 6) is 0.886. The molecule has 112 valence electrons. The highest BCUT2D eigenvalue weighted by Crippen LogP contribution is 2.42. The Bertz CT molecular complexity index is 789. The summed E-state index contributed by atoms with van der Waals surface area (Å²) >= 11 is 1.70. The van der Waals surface area contributed by atoms with Crippen LogP contribution in [0.15, 0.2) is 36.5 Å². The smallest absolute Gasteiger partial charge is 0.184 e. The predicted molar refractivity (Wildman–Crippen MR) is 92.1 cm³/mol. The van der Waals surface area contributed by atoms with Gasteiger partial charge in [0.25, 0.3) is 0 Å². The molecular formula is C16H17N5S. The summed E-state index contributed by atoms with van der Waals surface area (Å²) in [5.41, 5.74) is 14.6. The van der Waals surface area contributed by atoms with Crippen LogP contribution in [0.3, 0.4) is 0 Å². The molecule has 0 amide bonds. The highest BCUT2D eigenvalue weighted by atomic mass is 32.1. The average Bonchev–Trinajstić information content (AvgIpc) is 2.88. The number of hydrogen-bond donors (Lipinski definition) is 3. The van der Waals surface area contributed by atoms with Crippen LogP contribution >= 0.6 is 11.3 Å². The second kappa shape index (κ2) is 5.14. The molecule has 0 radical (unpaired) electrons. The molecule has 0 bridgehead atoms. The highest BCUT2D eigenvalue weighted by Gasteiger charge is 2.32. The number of benzene rings is 1. The average molecular weight is 311 g/mol. The van der Waals surface area contributed by atoms with Crippen molar-refractivity contribution in [1.82, 2.24) is 9.97 Å². The molecule has 1 saturated carbocycles. The van der Waals surface area contributed by atoms with Crippen LogP contribution in [0.2, 0.25) is 0 Å². The third-order valence-electron chi connectivity index (χ3n) is 4.25. The van der Waals surface area contributed by atoms with E-state index in [-0.39, 0.29) is 0 Å². The fraction of sp³-hybridized carbons (Fsp3) is 0.250. The lowest BCUT2D eigenvalue weighted by atomic mass is 9.75. The molecule has 0 saturated heterocycles. The van der Waals surface area contributed by atoms with E-state index in [0.717, 1.165) is 29.1 Å². The summed E-state index contributed by atoms with van der Waals surface area (Å²) in [7, 11) is 0. The molecule has 4 rings (SSSR count). The molecule has 1 aliphatic carbocycles. The quantitative estimate of drug-likeness (QED) is 0.691. The maximum Gasteiger partial charge on any atom is 0.184 e. The lowest BCUT2D eigenvalue weighted by Gasteiger charge is -2.36. The predicted octanol–water partition coefficient (Wildman–Crippen LogP) is 3.21. The molecule has 0 atom stereocenters. The van der Waals surface area contributed by atoms with Gasteiger partial charge in [0.1, 0.15) is 5.82 Å². The number of nitrogen functional groups attached to an aromatic ring is 2. The first-order valence-corrected chi connectivity index (χ1v) is 8.14. The summed E-state index contributed by atoms with van der Waals surface area (Å²) in [6, 6.07) is 10.6. The number of nitrogens with one attached hydrogen (secondary N) is 1. The van der Waals surface area contributed by atoms with E-state index in [0.29, 0.717) is 23.5 Å². The summed E-state index contributed by atoms with van der Waals surface area (Å²) in [6.45, 7) is 0. The number of aromatic nitrogens is 2. The molecule has 1 fully saturated rings. The molecule has 5 N–H and O–H groups in total. The summed E-state index contributed by atoms with van der Waals surface area (Å²) in [6.07, 6.45) is 3.82. The number of para-hydroxylation sites is 1. The molecule has 1 aromatic carbocycles. The fourth-order valence-electron chi connectivity index (χ4n) is 2.96. The van der Waals surface area contributed by atoms with E-state index >= 15 is 0 Å². The van der Waals surface area contributed by atoms with Crippen molar-refractivity contribution in [2.75, 3.05) is 16.8 Å². The largest absolute Gasteiger partial charge is 0.396 e. The number of hydrogen-bond acceptors (Lipinski definition) is 6. The van der Waals surface area contributed by atoms with Crippen LogP contribution < -0.4 is 16.8 Å². The first-order valence-electron chi connectivity index (χ1n) is 7.32. The van der Waals surface area contributed by atoms with Crippen molar-refractivity contribution in [3.63, 3.8) is 0 Å². The Kier molecular flexibility index (Phi) is 3.11. The summed E-state index contributed by atoms with van der Waals surface area (Å²) in [5, 5.41) is 4.51. The molecule has 3 aromatic rings. The van der Waals surface area contributed by atoms with E-state index in [4.69, 9.17) is 11.5 Å². The van der Waals surface area contributed by atoms with Gasteiger partial charge in [-0.15, -0.1) is 0 Å². The zero-order valence-corrected chi connectivity index (χ0v) is 12.8. The number of nitrogens with two attached hydrogens (primary N) is 2. The van der Waals surface area contributed by atoms with Crippen molar-refractivity contribution in [3.05, 3.63) is 42.1 Å². The van der Waals surface area contributed by atoms with Crippen LogP contribution in [0, 0.1) is 0 Å². The van der Waals surface area contributed by atoms with Gasteiger partial charge in [-0.1, -0.05) is 23.5 Å². The van der Waals surface area contributed by atoms with Crippen LogP contribution in [-0.4, -0.2) is 16.0 Å². The Balaban J connectivity index is 1.44. The van der Waals surface area contributed by atoms with Crippen LogP contribution in [0.4, 0.5) is 16.6 Å². The van der Waals surface area contributed by atoms with Crippen LogP contribution in [0.1, 0.15) is 24.3 Å². The van der Waals surface area contributed by atoms with E-state index in [9.17, 15) is 0 Å². The second-order valence-corrected chi connectivity index (χ2v) is 6.73. The van der Waals surface area contributed by atoms with Crippen LogP contribution in [0.5, 0.6) is 0 Å². The van der Waals surface area contributed by atoms with Gasteiger partial charge in [0.05, 0.1) is 15.9 Å². The first-order chi connectivity index (χ1) is 10.7. The Hall–Kier alpha value is -2.34. The zero-order valence-electron chi connectivity index (χ0n) is 12.0. The van der Waals surface area contributed by atoms with Gasteiger partial charge in [0.15, 0.2) is 5.13 Å². The van der Waals surface area contributed by atoms with Gasteiger partial charge in [-0.05, 0) is 42.5 Å². The maximum atomic E-state index is 6.02. The van der Waals surface area contributed by atoms with E-state index in [1.807, 2.05) is 24.3 Å². The fourth-order valence-corrected chi connectivity index (χ4v) is 3.90. The summed E-state index contributed by atoms with van der Waals surface area (Å²) in [4.78, 5) is 8.64. The molecule has 0 aliphatic heterocycles. The zero-order chi connectivity index (χ0) is 15.1. The number of nitrogens with zero attached hydrogens (tertiary/aromatic N) is 2. The lowest BCUT2D eigenvalue weighted by Crippen LogP contribution is -2.34. The topological polar surface area (TPSA) is 89.8 Å². The third kappa shape index (κ3) is 2.25. The van der Waals surface area contributed by atoms with E-state index in [1.54, 1.807) is 17.5 Å². The SMILES string of the molecule is Nc1nccc(C2CC(Nc3nc4ccccc4s3)C2)c1N. The molecule has 2 heterocycles. The van der Waals surface area contributed by atoms with Gasteiger partial charge >= 0.3 is 0 Å². The lowest BCUT2D eigenvalue weighted by molar-refractivity contribution is 0.375. The summed E-state index contributed by atoms with van der Waals surface area (Å²) < 4.78 is 1.21. The van der Waals surface area contributed by atoms with Crippen molar-refractivity contribution in [1.29, 1.82) is 0 Å². The van der Waals surface area contributed by atoms with Crippen molar-refractivity contribution in [2.45, 2.75) is 24.8 Å². The molecule has 6 heteroatoms. The van der Waals surface area contributed by atoms with Gasteiger partial charge < -0.3 is 16.8 Å². The van der Waals surface area contributed by atoms with E-state index in [1.165, 1.54) is 4.70 Å². The Morgan fingerprint density at radius 2 is 1.95 bits per heavy atom. The molecule has 22 heavy (non-hydrogen) atoms. The van der Waals surface area contributed by atoms with Gasteiger partial charge in [-0.25, -0.2) is 9.97 Å². The van der Waals surface area contributed by atoms with Crippen molar-refractivity contribution in [3.8, 4) is 0 Å². The molecule has 2 aromatic heterocycles. The number of rotatable bonds is 3. The molecule has 0 unspecified atom stereocenters. The van der Waals surface area contributed by atoms with Crippen molar-refractivity contribution >= 4 is 38.2 Å². The highest BCUT2D eigenvalue weighted by molar-refractivity contribution is 7.22. The van der Waals surface area contributed by atoms with Crippen LogP contribution in [-0.2, 0) is 0 Å². The van der Waals surface area contributed by atoms with Gasteiger partial charge in [-0.2, -0.15) is 0 Å². The minimum absolute atomic E-state index is 0.431. The van der Waals surface area contributed by atoms with Gasteiger partial charge in [0.2, 0.25) is 0 Å². The number of anilines is 3. The minimum atomic E-state index is 0.431. The standard InChI is InChI=1S/C16H17N5S/c17-14-11(5-6-19-15(14)18)9-7-10(8-9)20-16-21-12-3-1-2-4-13(12)22-16/h1-6,9-10H,7-8,17H2,(H2,18,19)(H,20,21). The van der Waals surface area contributed by atoms with Gasteiger partial charge in [-0.3, -0.25) is 0 Å². The first kappa shape index (κ1) is 13.3. The Labute approximate surface area is 132 Å². The molecular weight excluding hydrogens is 294 g/mol. The normalized spacial score (nSPS) is 20.7. The maximum absolute atomic E-state index is 6.02. The number of thiazole rings is 1. The Morgan fingerprint density at radius 3 is 2.77 bits per heavy atom. The second-order valence-electron chi connectivity index (χ2n) is 5.70. The minimum Gasteiger partial charge on any atom is -0.396 e. The van der Waals surface area contributed by atoms with E-state index < -0.39 is 0 Å². The van der Waals surface area contributed by atoms with Crippen molar-refractivity contribution < 1.29 is 0 Å². The molecule has 5 nitrogen and oxygen atoms in total.